The summed E-state index contributed by atoms with van der Waals surface area (Å²) in [7, 11) is 1.57. The lowest BCUT2D eigenvalue weighted by molar-refractivity contribution is -0.137. The van der Waals surface area contributed by atoms with E-state index < -0.39 is 11.9 Å². The maximum absolute atomic E-state index is 12.7. The van der Waals surface area contributed by atoms with Crippen molar-refractivity contribution >= 4 is 11.8 Å². The van der Waals surface area contributed by atoms with Gasteiger partial charge in [0.2, 0.25) is 0 Å². The summed E-state index contributed by atoms with van der Waals surface area (Å²) in [5.74, 6) is -0.911. The van der Waals surface area contributed by atoms with E-state index in [9.17, 15) is 9.59 Å². The summed E-state index contributed by atoms with van der Waals surface area (Å²) in [6, 6.07) is 6.84. The van der Waals surface area contributed by atoms with E-state index in [1.54, 1.807) is 31.4 Å². The summed E-state index contributed by atoms with van der Waals surface area (Å²) in [4.78, 5) is 26.0. The maximum Gasteiger partial charge on any atom is 0.304 e. The number of hydrogen-bond acceptors (Lipinski definition) is 5. The molecule has 2 rings (SSSR count). The van der Waals surface area contributed by atoms with Gasteiger partial charge in [-0.1, -0.05) is 0 Å². The number of benzene rings is 1. The second-order valence-corrected chi connectivity index (χ2v) is 5.79. The molecule has 1 aliphatic rings. The normalized spacial score (nSPS) is 17.3. The molecule has 6 heteroatoms. The largest absolute Gasteiger partial charge is 0.497 e. The molecule has 0 radical (unpaired) electrons. The molecule has 0 aromatic heterocycles. The molecule has 1 saturated heterocycles. The quantitative estimate of drug-likeness (QED) is 0.737. The van der Waals surface area contributed by atoms with E-state index in [0.29, 0.717) is 17.9 Å². The van der Waals surface area contributed by atoms with Crippen molar-refractivity contribution in [1.82, 2.24) is 10.2 Å². The van der Waals surface area contributed by atoms with Crippen LogP contribution in [0.5, 0.6) is 5.75 Å². The van der Waals surface area contributed by atoms with Gasteiger partial charge in [0.1, 0.15) is 5.75 Å². The van der Waals surface area contributed by atoms with Crippen LogP contribution in [0.4, 0.5) is 0 Å². The van der Waals surface area contributed by atoms with Crippen LogP contribution in [-0.4, -0.2) is 61.6 Å². The van der Waals surface area contributed by atoms with Crippen molar-refractivity contribution in [3.63, 3.8) is 0 Å². The molecule has 1 unspecified atom stereocenters. The summed E-state index contributed by atoms with van der Waals surface area (Å²) in [6.45, 7) is 4.05. The van der Waals surface area contributed by atoms with Gasteiger partial charge >= 0.3 is 5.97 Å². The lowest BCUT2D eigenvalue weighted by atomic mass is 9.93. The van der Waals surface area contributed by atoms with Gasteiger partial charge in [-0.05, 0) is 43.8 Å². The molecule has 126 valence electrons. The Morgan fingerprint density at radius 1 is 1.26 bits per heavy atom. The Morgan fingerprint density at radius 2 is 2.00 bits per heavy atom. The average Bonchev–Trinajstić information content (AvgIpc) is 2.82. The van der Waals surface area contributed by atoms with Gasteiger partial charge in [-0.25, -0.2) is 0 Å². The Hall–Kier alpha value is -1.92. The summed E-state index contributed by atoms with van der Waals surface area (Å²) < 4.78 is 5.09. The first-order valence-electron chi connectivity index (χ1n) is 7.93. The minimum atomic E-state index is -0.940. The zero-order chi connectivity index (χ0) is 16.7. The topological polar surface area (TPSA) is 78.9 Å². The zero-order valence-corrected chi connectivity index (χ0v) is 13.5. The highest BCUT2D eigenvalue weighted by atomic mass is 16.5. The third-order valence-corrected chi connectivity index (χ3v) is 4.08. The SMILES string of the molecule is COc1ccc(C(=O)C(CC(=O)O)CN2CCCNCC2)cc1. The average molecular weight is 320 g/mol. The number of carbonyl (C=O) groups is 2. The first-order valence-corrected chi connectivity index (χ1v) is 7.93. The van der Waals surface area contributed by atoms with Gasteiger partial charge < -0.3 is 20.1 Å². The van der Waals surface area contributed by atoms with Gasteiger partial charge in [-0.15, -0.1) is 0 Å². The molecule has 0 spiro atoms. The second kappa shape index (κ2) is 8.64. The minimum absolute atomic E-state index is 0.118. The zero-order valence-electron chi connectivity index (χ0n) is 13.5. The number of ketones is 1. The highest BCUT2D eigenvalue weighted by Gasteiger charge is 2.25. The molecule has 0 bridgehead atoms. The van der Waals surface area contributed by atoms with Crippen LogP contribution in [0.1, 0.15) is 23.2 Å². The summed E-state index contributed by atoms with van der Waals surface area (Å²) in [5, 5.41) is 12.5. The summed E-state index contributed by atoms with van der Waals surface area (Å²) in [6.07, 6.45) is 0.866. The molecular formula is C17H24N2O4. The van der Waals surface area contributed by atoms with Crippen LogP contribution in [0.25, 0.3) is 0 Å². The fourth-order valence-corrected chi connectivity index (χ4v) is 2.84. The number of aliphatic carboxylic acids is 1. The van der Waals surface area contributed by atoms with E-state index in [2.05, 4.69) is 10.2 Å². The fourth-order valence-electron chi connectivity index (χ4n) is 2.84. The molecule has 23 heavy (non-hydrogen) atoms. The highest BCUT2D eigenvalue weighted by Crippen LogP contribution is 2.18. The molecule has 1 aromatic carbocycles. The van der Waals surface area contributed by atoms with Gasteiger partial charge in [0.25, 0.3) is 0 Å². The predicted octanol–water partition coefficient (Wildman–Crippen LogP) is 1.26. The van der Waals surface area contributed by atoms with Crippen molar-refractivity contribution in [1.29, 1.82) is 0 Å². The van der Waals surface area contributed by atoms with Crippen LogP contribution in [0.15, 0.2) is 24.3 Å². The number of nitrogens with zero attached hydrogens (tertiary/aromatic N) is 1. The van der Waals surface area contributed by atoms with E-state index in [-0.39, 0.29) is 12.2 Å². The summed E-state index contributed by atoms with van der Waals surface area (Å²) >= 11 is 0. The molecule has 1 aromatic rings. The van der Waals surface area contributed by atoms with Gasteiger partial charge in [0.15, 0.2) is 5.78 Å². The molecular weight excluding hydrogens is 296 g/mol. The molecule has 1 atom stereocenters. The van der Waals surface area contributed by atoms with E-state index >= 15 is 0 Å². The van der Waals surface area contributed by atoms with E-state index in [0.717, 1.165) is 32.6 Å². The number of carboxylic acid groups (broad SMARTS) is 1. The van der Waals surface area contributed by atoms with Crippen molar-refractivity contribution in [2.24, 2.45) is 5.92 Å². The molecule has 6 nitrogen and oxygen atoms in total. The molecule has 1 heterocycles. The van der Waals surface area contributed by atoms with E-state index in [1.165, 1.54) is 0 Å². The highest BCUT2D eigenvalue weighted by molar-refractivity contribution is 5.99. The number of rotatable bonds is 7. The molecule has 1 fully saturated rings. The Kier molecular flexibility index (Phi) is 6.55. The monoisotopic (exact) mass is 320 g/mol. The lowest BCUT2D eigenvalue weighted by Gasteiger charge is -2.24. The number of ether oxygens (including phenoxy) is 1. The van der Waals surface area contributed by atoms with Gasteiger partial charge in [-0.2, -0.15) is 0 Å². The number of methoxy groups -OCH3 is 1. The van der Waals surface area contributed by atoms with Crippen LogP contribution in [0.2, 0.25) is 0 Å². The molecule has 0 aliphatic carbocycles. The van der Waals surface area contributed by atoms with Gasteiger partial charge in [0, 0.05) is 31.1 Å². The number of hydrogen-bond donors (Lipinski definition) is 2. The molecule has 0 amide bonds. The fraction of sp³-hybridized carbons (Fsp3) is 0.529. The Balaban J connectivity index is 2.08. The minimum Gasteiger partial charge on any atom is -0.497 e. The number of nitrogens with one attached hydrogen (secondary N) is 1. The van der Waals surface area contributed by atoms with Crippen LogP contribution >= 0.6 is 0 Å². The number of carboxylic acids is 1. The van der Waals surface area contributed by atoms with Crippen LogP contribution in [0.3, 0.4) is 0 Å². The van der Waals surface area contributed by atoms with Gasteiger partial charge in [0.05, 0.1) is 13.5 Å². The van der Waals surface area contributed by atoms with Crippen LogP contribution in [0, 0.1) is 5.92 Å². The Labute approximate surface area is 136 Å². The molecule has 1 aliphatic heterocycles. The molecule has 2 N–H and O–H groups in total. The second-order valence-electron chi connectivity index (χ2n) is 5.79. The Bertz CT molecular complexity index is 522. The summed E-state index contributed by atoms with van der Waals surface area (Å²) in [5.41, 5.74) is 0.532. The standard InChI is InChI=1S/C17H24N2O4/c1-23-15-5-3-13(4-6-15)17(22)14(11-16(20)21)12-19-9-2-7-18-8-10-19/h3-6,14,18H,2,7-12H2,1H3,(H,20,21). The third kappa shape index (κ3) is 5.33. The van der Waals surface area contributed by atoms with Crippen LogP contribution in [-0.2, 0) is 4.79 Å². The van der Waals surface area contributed by atoms with Crippen molar-refractivity contribution < 1.29 is 19.4 Å². The first-order chi connectivity index (χ1) is 11.1. The first kappa shape index (κ1) is 17.4. The van der Waals surface area contributed by atoms with Crippen molar-refractivity contribution in [3.05, 3.63) is 29.8 Å². The van der Waals surface area contributed by atoms with Crippen molar-refractivity contribution in [2.45, 2.75) is 12.8 Å². The number of Topliss-reactive ketones (excluding diaryl/α,β-unsaturated/α-hetero) is 1. The Morgan fingerprint density at radius 3 is 2.65 bits per heavy atom. The smallest absolute Gasteiger partial charge is 0.304 e. The van der Waals surface area contributed by atoms with Gasteiger partial charge in [-0.3, -0.25) is 9.59 Å². The van der Waals surface area contributed by atoms with Crippen LogP contribution < -0.4 is 10.1 Å². The lowest BCUT2D eigenvalue weighted by Crippen LogP contribution is -2.36. The van der Waals surface area contributed by atoms with E-state index in [4.69, 9.17) is 9.84 Å². The van der Waals surface area contributed by atoms with E-state index in [1.807, 2.05) is 0 Å². The maximum atomic E-state index is 12.7. The van der Waals surface area contributed by atoms with Crippen molar-refractivity contribution in [2.75, 3.05) is 39.8 Å². The third-order valence-electron chi connectivity index (χ3n) is 4.08. The molecule has 0 saturated carbocycles. The van der Waals surface area contributed by atoms with Crippen molar-refractivity contribution in [3.8, 4) is 5.75 Å². The predicted molar refractivity (Wildman–Crippen MR) is 87.0 cm³/mol. The number of carbonyl (C=O) groups excluding carboxylic acids is 1.